The van der Waals surface area contributed by atoms with Crippen molar-refractivity contribution in [3.63, 3.8) is 0 Å². The van der Waals surface area contributed by atoms with Crippen LogP contribution in [0.15, 0.2) is 24.3 Å². The van der Waals surface area contributed by atoms with Crippen LogP contribution in [-0.2, 0) is 14.3 Å². The monoisotopic (exact) mass is 294 g/mol. The Morgan fingerprint density at radius 3 is 2.90 bits per heavy atom. The summed E-state index contributed by atoms with van der Waals surface area (Å²) in [5, 5.41) is 2.74. The van der Waals surface area contributed by atoms with Crippen molar-refractivity contribution in [3.8, 4) is 5.75 Å². The third kappa shape index (κ3) is 3.63. The van der Waals surface area contributed by atoms with Crippen molar-refractivity contribution in [2.75, 3.05) is 39.3 Å². The van der Waals surface area contributed by atoms with Gasteiger partial charge in [0.25, 0.3) is 0 Å². The number of benzene rings is 1. The minimum Gasteiger partial charge on any atom is -0.497 e. The van der Waals surface area contributed by atoms with E-state index in [4.69, 9.17) is 14.2 Å². The molecule has 2 rings (SSSR count). The molecule has 0 bridgehead atoms. The number of carbonyl (C=O) groups is 2. The maximum absolute atomic E-state index is 12.3. The lowest BCUT2D eigenvalue weighted by atomic mass is 10.2. The molecule has 1 aromatic rings. The number of nitrogens with zero attached hydrogens (tertiary/aromatic N) is 1. The summed E-state index contributed by atoms with van der Waals surface area (Å²) in [6, 6.07) is 5.89. The molecule has 0 radical (unpaired) electrons. The Balaban J connectivity index is 2.08. The first-order valence-corrected chi connectivity index (χ1v) is 6.53. The van der Waals surface area contributed by atoms with Gasteiger partial charge in [-0.2, -0.15) is 0 Å². The molecule has 0 aromatic heterocycles. The van der Waals surface area contributed by atoms with Crippen LogP contribution in [0.3, 0.4) is 0 Å². The van der Waals surface area contributed by atoms with Gasteiger partial charge in [-0.1, -0.05) is 6.07 Å². The molecule has 1 aliphatic heterocycles. The molecule has 1 fully saturated rings. The smallest absolute Gasteiger partial charge is 0.331 e. The minimum absolute atomic E-state index is 0.137. The molecule has 1 unspecified atom stereocenters. The fraction of sp³-hybridized carbons (Fsp3) is 0.429. The fourth-order valence-corrected chi connectivity index (χ4v) is 2.07. The van der Waals surface area contributed by atoms with E-state index in [9.17, 15) is 9.59 Å². The summed E-state index contributed by atoms with van der Waals surface area (Å²) in [4.78, 5) is 25.4. The standard InChI is InChI=1S/C14H18N2O5/c1-19-11-5-3-4-10(8-11)15-14(18)16-6-7-21-9-12(16)13(17)20-2/h3-5,8,12H,6-7,9H2,1-2H3,(H,15,18). The van der Waals surface area contributed by atoms with Gasteiger partial charge in [0.1, 0.15) is 5.75 Å². The molecule has 0 spiro atoms. The van der Waals surface area contributed by atoms with Gasteiger partial charge < -0.3 is 24.4 Å². The second-order valence-corrected chi connectivity index (χ2v) is 4.47. The lowest BCUT2D eigenvalue weighted by molar-refractivity contribution is -0.150. The van der Waals surface area contributed by atoms with Crippen LogP contribution in [-0.4, -0.2) is 56.9 Å². The topological polar surface area (TPSA) is 77.1 Å². The highest BCUT2D eigenvalue weighted by Crippen LogP contribution is 2.18. The first kappa shape index (κ1) is 15.1. The fourth-order valence-electron chi connectivity index (χ4n) is 2.07. The molecular weight excluding hydrogens is 276 g/mol. The Hall–Kier alpha value is -2.28. The van der Waals surface area contributed by atoms with E-state index in [1.165, 1.54) is 12.0 Å². The molecule has 7 nitrogen and oxygen atoms in total. The van der Waals surface area contributed by atoms with E-state index >= 15 is 0 Å². The van der Waals surface area contributed by atoms with Crippen LogP contribution in [0.1, 0.15) is 0 Å². The minimum atomic E-state index is -0.727. The van der Waals surface area contributed by atoms with Crippen LogP contribution < -0.4 is 10.1 Å². The van der Waals surface area contributed by atoms with Gasteiger partial charge in [-0.15, -0.1) is 0 Å². The molecule has 1 heterocycles. The summed E-state index contributed by atoms with van der Waals surface area (Å²) in [6.45, 7) is 0.854. The average Bonchev–Trinajstić information content (AvgIpc) is 2.54. The summed E-state index contributed by atoms with van der Waals surface area (Å²) in [7, 11) is 2.84. The number of nitrogens with one attached hydrogen (secondary N) is 1. The van der Waals surface area contributed by atoms with Crippen LogP contribution in [0.2, 0.25) is 0 Å². The highest BCUT2D eigenvalue weighted by Gasteiger charge is 2.33. The predicted octanol–water partition coefficient (Wildman–Crippen LogP) is 1.10. The third-order valence-corrected chi connectivity index (χ3v) is 3.18. The molecule has 1 N–H and O–H groups in total. The van der Waals surface area contributed by atoms with Crippen LogP contribution >= 0.6 is 0 Å². The molecule has 0 aliphatic carbocycles. The van der Waals surface area contributed by atoms with E-state index in [1.54, 1.807) is 31.4 Å². The van der Waals surface area contributed by atoms with E-state index in [-0.39, 0.29) is 12.6 Å². The number of amides is 2. The molecule has 1 aromatic carbocycles. The van der Waals surface area contributed by atoms with Gasteiger partial charge >= 0.3 is 12.0 Å². The zero-order valence-electron chi connectivity index (χ0n) is 12.0. The first-order chi connectivity index (χ1) is 10.2. The van der Waals surface area contributed by atoms with E-state index in [2.05, 4.69) is 5.32 Å². The van der Waals surface area contributed by atoms with Crippen molar-refractivity contribution in [1.82, 2.24) is 4.90 Å². The molecule has 0 saturated carbocycles. The number of urea groups is 1. The summed E-state index contributed by atoms with van der Waals surface area (Å²) in [6.07, 6.45) is 0. The maximum Gasteiger partial charge on any atom is 0.331 e. The lowest BCUT2D eigenvalue weighted by Crippen LogP contribution is -2.54. The second kappa shape index (κ2) is 6.94. The van der Waals surface area contributed by atoms with Crippen LogP contribution in [0.5, 0.6) is 5.75 Å². The number of anilines is 1. The van der Waals surface area contributed by atoms with Crippen LogP contribution in [0.4, 0.5) is 10.5 Å². The SMILES string of the molecule is COC(=O)C1COCCN1C(=O)Nc1cccc(OC)c1. The van der Waals surface area contributed by atoms with Crippen molar-refractivity contribution in [2.45, 2.75) is 6.04 Å². The predicted molar refractivity (Wildman–Crippen MR) is 75.3 cm³/mol. The quantitative estimate of drug-likeness (QED) is 0.845. The van der Waals surface area contributed by atoms with Gasteiger partial charge in [-0.05, 0) is 12.1 Å². The average molecular weight is 294 g/mol. The summed E-state index contributed by atoms with van der Waals surface area (Å²) >= 11 is 0. The zero-order valence-corrected chi connectivity index (χ0v) is 12.0. The van der Waals surface area contributed by atoms with Crippen molar-refractivity contribution in [3.05, 3.63) is 24.3 Å². The summed E-state index contributed by atoms with van der Waals surface area (Å²) in [5.74, 6) is 0.148. The number of methoxy groups -OCH3 is 2. The summed E-state index contributed by atoms with van der Waals surface area (Å²) < 4.78 is 15.0. The Bertz CT molecular complexity index is 520. The highest BCUT2D eigenvalue weighted by atomic mass is 16.5. The molecule has 21 heavy (non-hydrogen) atoms. The van der Waals surface area contributed by atoms with Gasteiger partial charge in [0.15, 0.2) is 6.04 Å². The number of morpholine rings is 1. The largest absolute Gasteiger partial charge is 0.497 e. The number of ether oxygens (including phenoxy) is 3. The third-order valence-electron chi connectivity index (χ3n) is 3.18. The zero-order chi connectivity index (χ0) is 15.2. The Labute approximate surface area is 122 Å². The summed E-state index contributed by atoms with van der Waals surface area (Å²) in [5.41, 5.74) is 0.592. The molecule has 1 saturated heterocycles. The first-order valence-electron chi connectivity index (χ1n) is 6.53. The Kier molecular flexibility index (Phi) is 4.99. The number of carbonyl (C=O) groups excluding carboxylic acids is 2. The van der Waals surface area contributed by atoms with E-state index in [0.717, 1.165) is 0 Å². The number of rotatable bonds is 3. The van der Waals surface area contributed by atoms with Gasteiger partial charge in [0.2, 0.25) is 0 Å². The Morgan fingerprint density at radius 2 is 2.19 bits per heavy atom. The maximum atomic E-state index is 12.3. The molecule has 1 aliphatic rings. The van der Waals surface area contributed by atoms with Gasteiger partial charge in [0.05, 0.1) is 27.4 Å². The number of hydrogen-bond acceptors (Lipinski definition) is 5. The molecule has 114 valence electrons. The van der Waals surface area contributed by atoms with Gasteiger partial charge in [-0.25, -0.2) is 9.59 Å². The van der Waals surface area contributed by atoms with Crippen LogP contribution in [0, 0.1) is 0 Å². The molecule has 2 amide bonds. The molecular formula is C14H18N2O5. The van der Waals surface area contributed by atoms with E-state index < -0.39 is 12.0 Å². The molecule has 1 atom stereocenters. The Morgan fingerprint density at radius 1 is 1.38 bits per heavy atom. The highest BCUT2D eigenvalue weighted by molar-refractivity contribution is 5.93. The lowest BCUT2D eigenvalue weighted by Gasteiger charge is -2.33. The van der Waals surface area contributed by atoms with E-state index in [1.807, 2.05) is 0 Å². The van der Waals surface area contributed by atoms with Gasteiger partial charge in [0, 0.05) is 18.3 Å². The number of esters is 1. The van der Waals surface area contributed by atoms with Crippen molar-refractivity contribution >= 4 is 17.7 Å². The van der Waals surface area contributed by atoms with Crippen molar-refractivity contribution in [1.29, 1.82) is 0 Å². The second-order valence-electron chi connectivity index (χ2n) is 4.47. The van der Waals surface area contributed by atoms with Crippen molar-refractivity contribution in [2.24, 2.45) is 0 Å². The number of hydrogen-bond donors (Lipinski definition) is 1. The van der Waals surface area contributed by atoms with Crippen LogP contribution in [0.25, 0.3) is 0 Å². The normalized spacial score (nSPS) is 18.0. The molecule has 7 heteroatoms. The van der Waals surface area contributed by atoms with E-state index in [0.29, 0.717) is 24.6 Å². The van der Waals surface area contributed by atoms with Crippen molar-refractivity contribution < 1.29 is 23.8 Å². The van der Waals surface area contributed by atoms with Gasteiger partial charge in [-0.3, -0.25) is 0 Å².